The summed E-state index contributed by atoms with van der Waals surface area (Å²) in [5.74, 6) is -0.426. The van der Waals surface area contributed by atoms with Crippen molar-refractivity contribution in [2.45, 2.75) is 31.7 Å². The first kappa shape index (κ1) is 15.2. The maximum absolute atomic E-state index is 13.3. The molecule has 1 N–H and O–H groups in total. The quantitative estimate of drug-likeness (QED) is 0.938. The number of aryl methyl sites for hydroxylation is 2. The van der Waals surface area contributed by atoms with Crippen molar-refractivity contribution in [3.05, 3.63) is 51.5 Å². The lowest BCUT2D eigenvalue weighted by Gasteiger charge is -2.16. The van der Waals surface area contributed by atoms with E-state index in [4.69, 9.17) is 0 Å². The Hall–Kier alpha value is -1.24. The molecule has 1 heterocycles. The SMILES string of the molecule is Cc1cc(F)cc(C)c1S(=O)(=O)NC(C)c1ccsc1. The standard InChI is InChI=1S/C14H16FNO2S2/c1-9-6-13(15)7-10(2)14(9)20(17,18)16-11(3)12-4-5-19-8-12/h4-8,11,16H,1-3H3. The number of hydrogen-bond acceptors (Lipinski definition) is 3. The van der Waals surface area contributed by atoms with Crippen LogP contribution < -0.4 is 4.72 Å². The van der Waals surface area contributed by atoms with Gasteiger partial charge >= 0.3 is 0 Å². The van der Waals surface area contributed by atoms with Crippen LogP contribution >= 0.6 is 11.3 Å². The number of halogens is 1. The third-order valence-corrected chi connectivity index (χ3v) is 5.62. The summed E-state index contributed by atoms with van der Waals surface area (Å²) < 4.78 is 40.8. The molecule has 0 amide bonds. The van der Waals surface area contributed by atoms with E-state index in [1.807, 2.05) is 16.8 Å². The number of nitrogens with one attached hydrogen (secondary N) is 1. The van der Waals surface area contributed by atoms with E-state index in [1.54, 1.807) is 20.8 Å². The monoisotopic (exact) mass is 313 g/mol. The Morgan fingerprint density at radius 2 is 1.85 bits per heavy atom. The molecule has 0 saturated carbocycles. The number of thiophene rings is 1. The Morgan fingerprint density at radius 3 is 2.35 bits per heavy atom. The van der Waals surface area contributed by atoms with Gasteiger partial charge in [0.25, 0.3) is 0 Å². The third kappa shape index (κ3) is 3.08. The number of hydrogen-bond donors (Lipinski definition) is 1. The van der Waals surface area contributed by atoms with Gasteiger partial charge in [0, 0.05) is 6.04 Å². The summed E-state index contributed by atoms with van der Waals surface area (Å²) in [7, 11) is -3.68. The van der Waals surface area contributed by atoms with Crippen molar-refractivity contribution in [3.63, 3.8) is 0 Å². The Kier molecular flexibility index (Phi) is 4.27. The topological polar surface area (TPSA) is 46.2 Å². The Morgan fingerprint density at radius 1 is 1.25 bits per heavy atom. The van der Waals surface area contributed by atoms with Crippen LogP contribution in [0.4, 0.5) is 4.39 Å². The van der Waals surface area contributed by atoms with E-state index in [9.17, 15) is 12.8 Å². The molecule has 3 nitrogen and oxygen atoms in total. The molecule has 6 heteroatoms. The molecule has 0 spiro atoms. The van der Waals surface area contributed by atoms with Gasteiger partial charge in [0.2, 0.25) is 10.0 Å². The van der Waals surface area contributed by atoms with Gasteiger partial charge in [0.15, 0.2) is 0 Å². The van der Waals surface area contributed by atoms with Gasteiger partial charge in [-0.05, 0) is 66.4 Å². The van der Waals surface area contributed by atoms with Crippen molar-refractivity contribution < 1.29 is 12.8 Å². The highest BCUT2D eigenvalue weighted by Gasteiger charge is 2.23. The highest BCUT2D eigenvalue weighted by molar-refractivity contribution is 7.89. The van der Waals surface area contributed by atoms with E-state index in [2.05, 4.69) is 4.72 Å². The smallest absolute Gasteiger partial charge is 0.207 e. The highest BCUT2D eigenvalue weighted by Crippen LogP contribution is 2.24. The van der Waals surface area contributed by atoms with Crippen molar-refractivity contribution in [1.82, 2.24) is 4.72 Å². The van der Waals surface area contributed by atoms with Crippen molar-refractivity contribution in [2.75, 3.05) is 0 Å². The maximum atomic E-state index is 13.3. The van der Waals surface area contributed by atoms with E-state index >= 15 is 0 Å². The summed E-state index contributed by atoms with van der Waals surface area (Å²) in [5, 5.41) is 3.80. The lowest BCUT2D eigenvalue weighted by atomic mass is 10.1. The fourth-order valence-electron chi connectivity index (χ4n) is 2.20. The molecular weight excluding hydrogens is 297 g/mol. The molecule has 0 bridgehead atoms. The van der Waals surface area contributed by atoms with Crippen molar-refractivity contribution >= 4 is 21.4 Å². The minimum atomic E-state index is -3.68. The summed E-state index contributed by atoms with van der Waals surface area (Å²) in [6.45, 7) is 4.98. The van der Waals surface area contributed by atoms with E-state index < -0.39 is 15.8 Å². The van der Waals surface area contributed by atoms with Crippen molar-refractivity contribution in [3.8, 4) is 0 Å². The third-order valence-electron chi connectivity index (χ3n) is 3.07. The second-order valence-electron chi connectivity index (χ2n) is 4.77. The van der Waals surface area contributed by atoms with Crippen LogP contribution in [-0.2, 0) is 10.0 Å². The zero-order chi connectivity index (χ0) is 14.9. The lowest BCUT2D eigenvalue weighted by molar-refractivity contribution is 0.565. The molecule has 1 atom stereocenters. The summed E-state index contributed by atoms with van der Waals surface area (Å²) in [4.78, 5) is 0.154. The predicted octanol–water partition coefficient (Wildman–Crippen LogP) is 3.54. The number of sulfonamides is 1. The molecule has 0 fully saturated rings. The molecule has 20 heavy (non-hydrogen) atoms. The first-order valence-electron chi connectivity index (χ1n) is 6.12. The van der Waals surface area contributed by atoms with Gasteiger partial charge in [-0.2, -0.15) is 11.3 Å². The van der Waals surface area contributed by atoms with Crippen molar-refractivity contribution in [1.29, 1.82) is 0 Å². The van der Waals surface area contributed by atoms with Crippen molar-refractivity contribution in [2.24, 2.45) is 0 Å². The fraction of sp³-hybridized carbons (Fsp3) is 0.286. The fourth-order valence-corrected chi connectivity index (χ4v) is 4.64. The zero-order valence-electron chi connectivity index (χ0n) is 11.5. The van der Waals surface area contributed by atoms with Gasteiger partial charge in [-0.3, -0.25) is 0 Å². The van der Waals surface area contributed by atoms with Gasteiger partial charge in [-0.25, -0.2) is 17.5 Å². The van der Waals surface area contributed by atoms with Gasteiger partial charge in [-0.1, -0.05) is 0 Å². The van der Waals surface area contributed by atoms with Crippen LogP contribution in [0, 0.1) is 19.7 Å². The van der Waals surface area contributed by atoms with Crippen LogP contribution in [0.1, 0.15) is 29.7 Å². The average Bonchev–Trinajstić information content (AvgIpc) is 2.78. The Balaban J connectivity index is 2.37. The van der Waals surface area contributed by atoms with Crippen LogP contribution in [0.2, 0.25) is 0 Å². The molecule has 0 aliphatic rings. The summed E-state index contributed by atoms with van der Waals surface area (Å²) in [5.41, 5.74) is 1.73. The highest BCUT2D eigenvalue weighted by atomic mass is 32.2. The molecular formula is C14H16FNO2S2. The molecule has 0 saturated heterocycles. The lowest BCUT2D eigenvalue weighted by Crippen LogP contribution is -2.28. The summed E-state index contributed by atoms with van der Waals surface area (Å²) >= 11 is 1.51. The van der Waals surface area contributed by atoms with E-state index in [0.717, 1.165) is 5.56 Å². The van der Waals surface area contributed by atoms with E-state index in [0.29, 0.717) is 11.1 Å². The molecule has 1 unspecified atom stereocenters. The molecule has 0 aliphatic carbocycles. The molecule has 0 aliphatic heterocycles. The maximum Gasteiger partial charge on any atom is 0.241 e. The first-order chi connectivity index (χ1) is 9.31. The van der Waals surface area contributed by atoms with Crippen LogP contribution in [0.15, 0.2) is 33.9 Å². The zero-order valence-corrected chi connectivity index (χ0v) is 13.1. The van der Waals surface area contributed by atoms with Crippen LogP contribution in [0.25, 0.3) is 0 Å². The second kappa shape index (κ2) is 5.63. The molecule has 1 aromatic carbocycles. The van der Waals surface area contributed by atoms with E-state index in [1.165, 1.54) is 23.5 Å². The van der Waals surface area contributed by atoms with Gasteiger partial charge in [0.1, 0.15) is 5.82 Å². The Labute approximate surface area is 122 Å². The Bertz CT molecular complexity index is 686. The first-order valence-corrected chi connectivity index (χ1v) is 8.55. The van der Waals surface area contributed by atoms with Gasteiger partial charge < -0.3 is 0 Å². The number of benzene rings is 1. The molecule has 2 rings (SSSR count). The molecule has 2 aromatic rings. The van der Waals surface area contributed by atoms with Crippen LogP contribution in [0.5, 0.6) is 0 Å². The van der Waals surface area contributed by atoms with Gasteiger partial charge in [-0.15, -0.1) is 0 Å². The van der Waals surface area contributed by atoms with E-state index in [-0.39, 0.29) is 10.9 Å². The molecule has 108 valence electrons. The van der Waals surface area contributed by atoms with Crippen LogP contribution in [0.3, 0.4) is 0 Å². The normalized spacial score (nSPS) is 13.4. The average molecular weight is 313 g/mol. The minimum absolute atomic E-state index is 0.154. The van der Waals surface area contributed by atoms with Crippen LogP contribution in [-0.4, -0.2) is 8.42 Å². The number of rotatable bonds is 4. The molecule has 1 aromatic heterocycles. The largest absolute Gasteiger partial charge is 0.241 e. The predicted molar refractivity (Wildman–Crippen MR) is 78.9 cm³/mol. The molecule has 0 radical (unpaired) electrons. The minimum Gasteiger partial charge on any atom is -0.207 e. The summed E-state index contributed by atoms with van der Waals surface area (Å²) in [6.07, 6.45) is 0. The van der Waals surface area contributed by atoms with Gasteiger partial charge in [0.05, 0.1) is 4.90 Å². The summed E-state index contributed by atoms with van der Waals surface area (Å²) in [6, 6.07) is 4.02. The second-order valence-corrected chi connectivity index (χ2v) is 7.20.